The van der Waals surface area contributed by atoms with Crippen molar-refractivity contribution in [3.05, 3.63) is 47.8 Å². The average Bonchev–Trinajstić information content (AvgIpc) is 3.03. The first-order valence-corrected chi connectivity index (χ1v) is 7.24. The van der Waals surface area contributed by atoms with Crippen molar-refractivity contribution in [3.63, 3.8) is 0 Å². The number of rotatable bonds is 4. The smallest absolute Gasteiger partial charge is 0.159 e. The summed E-state index contributed by atoms with van der Waals surface area (Å²) in [6.07, 6.45) is 6.53. The molecule has 1 aromatic heterocycles. The minimum Gasteiger partial charge on any atom is -0.301 e. The van der Waals surface area contributed by atoms with Crippen LogP contribution in [0.25, 0.3) is 0 Å². The molecule has 112 valence electrons. The molecule has 1 aliphatic heterocycles. The maximum atomic E-state index is 13.2. The Morgan fingerprint density at radius 1 is 1.24 bits per heavy atom. The summed E-state index contributed by atoms with van der Waals surface area (Å²) in [4.78, 5) is 2.34. The Morgan fingerprint density at radius 3 is 2.90 bits per heavy atom. The summed E-state index contributed by atoms with van der Waals surface area (Å²) in [7, 11) is 0. The molecule has 0 spiro atoms. The van der Waals surface area contributed by atoms with Crippen LogP contribution < -0.4 is 0 Å². The molecule has 21 heavy (non-hydrogen) atoms. The number of aromatic nitrogens is 3. The van der Waals surface area contributed by atoms with Crippen LogP contribution >= 0.6 is 0 Å². The molecule has 2 aromatic rings. The van der Waals surface area contributed by atoms with Crippen molar-refractivity contribution in [2.75, 3.05) is 19.6 Å². The fourth-order valence-corrected chi connectivity index (χ4v) is 2.84. The van der Waals surface area contributed by atoms with Crippen LogP contribution in [0.4, 0.5) is 8.78 Å². The Kier molecular flexibility index (Phi) is 4.24. The van der Waals surface area contributed by atoms with Gasteiger partial charge in [0.2, 0.25) is 0 Å². The lowest BCUT2D eigenvalue weighted by atomic mass is 10.0. The molecule has 1 fully saturated rings. The van der Waals surface area contributed by atoms with Crippen molar-refractivity contribution in [2.24, 2.45) is 0 Å². The quantitative estimate of drug-likeness (QED) is 0.868. The molecule has 1 aliphatic rings. The van der Waals surface area contributed by atoms with Crippen molar-refractivity contribution >= 4 is 0 Å². The molecule has 1 aromatic carbocycles. The first-order valence-electron chi connectivity index (χ1n) is 7.24. The molecule has 0 aliphatic carbocycles. The van der Waals surface area contributed by atoms with Gasteiger partial charge in [-0.3, -0.25) is 0 Å². The third-order valence-electron chi connectivity index (χ3n) is 4.00. The highest BCUT2D eigenvalue weighted by Crippen LogP contribution is 2.20. The van der Waals surface area contributed by atoms with Gasteiger partial charge >= 0.3 is 0 Å². The highest BCUT2D eigenvalue weighted by molar-refractivity contribution is 5.18. The number of piperidine rings is 1. The Bertz CT molecular complexity index is 585. The number of halogens is 2. The van der Waals surface area contributed by atoms with Crippen molar-refractivity contribution in [1.82, 2.24) is 19.9 Å². The first kappa shape index (κ1) is 14.1. The lowest BCUT2D eigenvalue weighted by Crippen LogP contribution is -2.38. The van der Waals surface area contributed by atoms with Crippen LogP contribution in [0.5, 0.6) is 0 Å². The van der Waals surface area contributed by atoms with E-state index >= 15 is 0 Å². The fourth-order valence-electron chi connectivity index (χ4n) is 2.84. The van der Waals surface area contributed by atoms with Crippen LogP contribution in [-0.2, 0) is 6.42 Å². The number of nitrogens with zero attached hydrogens (tertiary/aromatic N) is 4. The second kappa shape index (κ2) is 6.30. The number of hydrogen-bond acceptors (Lipinski definition) is 3. The average molecular weight is 292 g/mol. The Morgan fingerprint density at radius 2 is 2.14 bits per heavy atom. The van der Waals surface area contributed by atoms with E-state index in [2.05, 4.69) is 15.2 Å². The SMILES string of the molecule is Fc1ccc(CCN2CCC[C@H](n3ccnn3)C2)cc1F. The van der Waals surface area contributed by atoms with Gasteiger partial charge in [0.05, 0.1) is 12.2 Å². The van der Waals surface area contributed by atoms with Crippen LogP contribution in [0.2, 0.25) is 0 Å². The molecule has 0 amide bonds. The minimum atomic E-state index is -0.789. The van der Waals surface area contributed by atoms with E-state index < -0.39 is 11.6 Å². The monoisotopic (exact) mass is 292 g/mol. The maximum Gasteiger partial charge on any atom is 0.159 e. The van der Waals surface area contributed by atoms with Crippen LogP contribution in [0, 0.1) is 11.6 Å². The summed E-state index contributed by atoms with van der Waals surface area (Å²) in [6, 6.07) is 4.48. The normalized spacial score (nSPS) is 19.8. The van der Waals surface area contributed by atoms with E-state index in [1.807, 2.05) is 10.9 Å². The van der Waals surface area contributed by atoms with E-state index in [4.69, 9.17) is 0 Å². The summed E-state index contributed by atoms with van der Waals surface area (Å²) in [5.41, 5.74) is 0.830. The zero-order chi connectivity index (χ0) is 14.7. The van der Waals surface area contributed by atoms with Gasteiger partial charge in [0, 0.05) is 19.3 Å². The molecule has 0 radical (unpaired) electrons. The van der Waals surface area contributed by atoms with E-state index in [1.165, 1.54) is 12.1 Å². The molecule has 0 bridgehead atoms. The lowest BCUT2D eigenvalue weighted by Gasteiger charge is -2.32. The standard InChI is InChI=1S/C15H18F2N4/c16-14-4-3-12(10-15(14)17)5-8-20-7-1-2-13(11-20)21-9-6-18-19-21/h3-4,6,9-10,13H,1-2,5,7-8,11H2/t13-/m0/s1. The van der Waals surface area contributed by atoms with Crippen LogP contribution in [-0.4, -0.2) is 39.5 Å². The van der Waals surface area contributed by atoms with Gasteiger partial charge in [-0.25, -0.2) is 13.5 Å². The zero-order valence-corrected chi connectivity index (χ0v) is 11.8. The summed E-state index contributed by atoms with van der Waals surface area (Å²) < 4.78 is 28.0. The predicted molar refractivity (Wildman–Crippen MR) is 74.8 cm³/mol. The Labute approximate surface area is 122 Å². The third kappa shape index (κ3) is 3.44. The second-order valence-corrected chi connectivity index (χ2v) is 5.48. The van der Waals surface area contributed by atoms with E-state index in [9.17, 15) is 8.78 Å². The van der Waals surface area contributed by atoms with E-state index in [1.54, 1.807) is 12.3 Å². The van der Waals surface area contributed by atoms with Gasteiger partial charge in [-0.15, -0.1) is 5.10 Å². The van der Waals surface area contributed by atoms with E-state index in [0.717, 1.165) is 44.5 Å². The van der Waals surface area contributed by atoms with Gasteiger partial charge in [-0.05, 0) is 43.5 Å². The molecule has 0 saturated carbocycles. The topological polar surface area (TPSA) is 34.0 Å². The van der Waals surface area contributed by atoms with Gasteiger partial charge in [-0.2, -0.15) is 0 Å². The van der Waals surface area contributed by atoms with Crippen LogP contribution in [0.15, 0.2) is 30.6 Å². The highest BCUT2D eigenvalue weighted by atomic mass is 19.2. The van der Waals surface area contributed by atoms with E-state index in [0.29, 0.717) is 6.04 Å². The Balaban J connectivity index is 1.56. The largest absolute Gasteiger partial charge is 0.301 e. The van der Waals surface area contributed by atoms with Gasteiger partial charge < -0.3 is 4.90 Å². The lowest BCUT2D eigenvalue weighted by molar-refractivity contribution is 0.170. The van der Waals surface area contributed by atoms with Crippen molar-refractivity contribution < 1.29 is 8.78 Å². The molecule has 0 N–H and O–H groups in total. The second-order valence-electron chi connectivity index (χ2n) is 5.48. The Hall–Kier alpha value is -1.82. The van der Waals surface area contributed by atoms with Crippen LogP contribution in [0.1, 0.15) is 24.4 Å². The predicted octanol–water partition coefficient (Wildman–Crippen LogP) is 2.44. The molecule has 1 atom stereocenters. The summed E-state index contributed by atoms with van der Waals surface area (Å²) in [5.74, 6) is -1.56. The zero-order valence-electron chi connectivity index (χ0n) is 11.8. The van der Waals surface area contributed by atoms with Crippen molar-refractivity contribution in [1.29, 1.82) is 0 Å². The molecular weight excluding hydrogens is 274 g/mol. The van der Waals surface area contributed by atoms with Crippen LogP contribution in [0.3, 0.4) is 0 Å². The summed E-state index contributed by atoms with van der Waals surface area (Å²) in [5, 5.41) is 7.91. The van der Waals surface area contributed by atoms with Gasteiger partial charge in [0.1, 0.15) is 0 Å². The first-order chi connectivity index (χ1) is 10.2. The minimum absolute atomic E-state index is 0.353. The number of benzene rings is 1. The molecule has 6 heteroatoms. The molecule has 1 saturated heterocycles. The molecule has 2 heterocycles. The third-order valence-corrected chi connectivity index (χ3v) is 4.00. The fraction of sp³-hybridized carbons (Fsp3) is 0.467. The summed E-state index contributed by atoms with van der Waals surface area (Å²) in [6.45, 7) is 2.80. The molecule has 3 rings (SSSR count). The molecule has 4 nitrogen and oxygen atoms in total. The van der Waals surface area contributed by atoms with Gasteiger partial charge in [0.25, 0.3) is 0 Å². The van der Waals surface area contributed by atoms with Crippen molar-refractivity contribution in [2.45, 2.75) is 25.3 Å². The van der Waals surface area contributed by atoms with E-state index in [-0.39, 0.29) is 0 Å². The maximum absolute atomic E-state index is 13.2. The highest BCUT2D eigenvalue weighted by Gasteiger charge is 2.21. The molecule has 0 unspecified atom stereocenters. The van der Waals surface area contributed by atoms with Crippen molar-refractivity contribution in [3.8, 4) is 0 Å². The molecular formula is C15H18F2N4. The van der Waals surface area contributed by atoms with Gasteiger partial charge in [-0.1, -0.05) is 11.3 Å². The number of hydrogen-bond donors (Lipinski definition) is 0. The van der Waals surface area contributed by atoms with Gasteiger partial charge in [0.15, 0.2) is 11.6 Å². The number of likely N-dealkylation sites (tertiary alicyclic amines) is 1. The summed E-state index contributed by atoms with van der Waals surface area (Å²) >= 11 is 0.